The van der Waals surface area contributed by atoms with Crippen LogP contribution in [0.2, 0.25) is 0 Å². The summed E-state index contributed by atoms with van der Waals surface area (Å²) in [5, 5.41) is 2.81. The summed E-state index contributed by atoms with van der Waals surface area (Å²) in [6.45, 7) is 4.31. The molecule has 0 bridgehead atoms. The van der Waals surface area contributed by atoms with E-state index in [2.05, 4.69) is 17.3 Å². The maximum atomic E-state index is 12.6. The molecule has 1 N–H and O–H groups in total. The molecule has 2 aromatic carbocycles. The second kappa shape index (κ2) is 9.00. The van der Waals surface area contributed by atoms with E-state index >= 15 is 0 Å². The van der Waals surface area contributed by atoms with Crippen molar-refractivity contribution in [2.75, 3.05) is 51.8 Å². The molecular formula is C23H25N3O4. The number of ether oxygens (including phenoxy) is 2. The molecule has 0 radical (unpaired) electrons. The lowest BCUT2D eigenvalue weighted by Crippen LogP contribution is -2.47. The first-order chi connectivity index (χ1) is 14.6. The van der Waals surface area contributed by atoms with E-state index in [0.717, 1.165) is 31.7 Å². The minimum absolute atomic E-state index is 0.0273. The van der Waals surface area contributed by atoms with Gasteiger partial charge in [-0.3, -0.25) is 9.59 Å². The zero-order valence-electron chi connectivity index (χ0n) is 17.0. The smallest absolute Gasteiger partial charge is 0.253 e. The first kappa shape index (κ1) is 20.0. The number of likely N-dealkylation sites (N-methyl/N-ethyl adjacent to an activating group) is 1. The van der Waals surface area contributed by atoms with Gasteiger partial charge in [0.05, 0.1) is 0 Å². The van der Waals surface area contributed by atoms with Crippen molar-refractivity contribution in [3.63, 3.8) is 0 Å². The Morgan fingerprint density at radius 3 is 2.37 bits per heavy atom. The number of benzene rings is 2. The second-order valence-electron chi connectivity index (χ2n) is 7.40. The van der Waals surface area contributed by atoms with Crippen LogP contribution in [0.4, 0.5) is 5.69 Å². The molecule has 0 unspecified atom stereocenters. The van der Waals surface area contributed by atoms with Gasteiger partial charge in [-0.05, 0) is 55.1 Å². The average molecular weight is 407 g/mol. The Balaban J connectivity index is 1.33. The largest absolute Gasteiger partial charge is 0.486 e. The van der Waals surface area contributed by atoms with Crippen LogP contribution in [0.1, 0.15) is 15.9 Å². The number of anilines is 1. The predicted molar refractivity (Wildman–Crippen MR) is 115 cm³/mol. The van der Waals surface area contributed by atoms with Crippen molar-refractivity contribution in [2.24, 2.45) is 0 Å². The van der Waals surface area contributed by atoms with Gasteiger partial charge in [-0.15, -0.1) is 0 Å². The van der Waals surface area contributed by atoms with Crippen molar-refractivity contribution in [2.45, 2.75) is 0 Å². The fourth-order valence-corrected chi connectivity index (χ4v) is 3.41. The van der Waals surface area contributed by atoms with E-state index < -0.39 is 0 Å². The molecule has 0 aliphatic carbocycles. The first-order valence-corrected chi connectivity index (χ1v) is 10.0. The number of carbonyl (C=O) groups excluding carboxylic acids is 2. The number of hydrogen-bond acceptors (Lipinski definition) is 5. The monoisotopic (exact) mass is 407 g/mol. The van der Waals surface area contributed by atoms with Crippen molar-refractivity contribution >= 4 is 23.6 Å². The summed E-state index contributed by atoms with van der Waals surface area (Å²) < 4.78 is 11.0. The third-order valence-electron chi connectivity index (χ3n) is 5.18. The van der Waals surface area contributed by atoms with E-state index in [0.29, 0.717) is 36.0 Å². The Morgan fingerprint density at radius 1 is 0.933 bits per heavy atom. The first-order valence-electron chi connectivity index (χ1n) is 10.0. The van der Waals surface area contributed by atoms with E-state index in [9.17, 15) is 9.59 Å². The number of carbonyl (C=O) groups is 2. The second-order valence-corrected chi connectivity index (χ2v) is 7.40. The number of nitrogens with zero attached hydrogens (tertiary/aromatic N) is 2. The topological polar surface area (TPSA) is 71.1 Å². The third-order valence-corrected chi connectivity index (χ3v) is 5.18. The minimum atomic E-state index is -0.247. The lowest BCUT2D eigenvalue weighted by Gasteiger charge is -2.32. The van der Waals surface area contributed by atoms with Gasteiger partial charge in [-0.1, -0.05) is 6.07 Å². The highest BCUT2D eigenvalue weighted by Crippen LogP contribution is 2.31. The molecule has 0 saturated carbocycles. The zero-order valence-corrected chi connectivity index (χ0v) is 17.0. The van der Waals surface area contributed by atoms with Crippen LogP contribution in [-0.4, -0.2) is 68.1 Å². The van der Waals surface area contributed by atoms with E-state index in [1.807, 2.05) is 23.1 Å². The molecule has 30 heavy (non-hydrogen) atoms. The van der Waals surface area contributed by atoms with Crippen molar-refractivity contribution in [1.82, 2.24) is 9.80 Å². The Labute approximate surface area is 175 Å². The molecule has 7 heteroatoms. The van der Waals surface area contributed by atoms with Crippen molar-refractivity contribution in [1.29, 1.82) is 0 Å². The molecule has 2 aliphatic rings. The summed E-state index contributed by atoms with van der Waals surface area (Å²) in [4.78, 5) is 28.9. The molecule has 4 rings (SSSR count). The fraction of sp³-hybridized carbons (Fsp3) is 0.304. The van der Waals surface area contributed by atoms with E-state index in [-0.39, 0.29) is 11.8 Å². The summed E-state index contributed by atoms with van der Waals surface area (Å²) in [5.41, 5.74) is 2.12. The highest BCUT2D eigenvalue weighted by atomic mass is 16.6. The molecule has 1 saturated heterocycles. The Hall–Kier alpha value is -3.32. The van der Waals surface area contributed by atoms with Crippen LogP contribution in [-0.2, 0) is 4.79 Å². The predicted octanol–water partition coefficient (Wildman–Crippen LogP) is 2.50. The standard InChI is InChI=1S/C23H25N3O4/c1-25-10-12-26(13-11-25)23(28)18-4-6-19(7-5-18)24-22(27)9-3-17-2-8-20-21(16-17)30-15-14-29-20/h2-9,16H,10-15H2,1H3,(H,24,27)/b9-3-. The number of rotatable bonds is 4. The average Bonchev–Trinajstić information content (AvgIpc) is 2.78. The van der Waals surface area contributed by atoms with Gasteiger partial charge >= 0.3 is 0 Å². The van der Waals surface area contributed by atoms with Gasteiger partial charge < -0.3 is 24.6 Å². The number of fused-ring (bicyclic) bond motifs is 1. The molecule has 0 spiro atoms. The molecule has 7 nitrogen and oxygen atoms in total. The molecule has 2 aromatic rings. The van der Waals surface area contributed by atoms with E-state index in [1.165, 1.54) is 6.08 Å². The molecule has 0 aromatic heterocycles. The summed E-state index contributed by atoms with van der Waals surface area (Å²) >= 11 is 0. The Morgan fingerprint density at radius 2 is 1.63 bits per heavy atom. The zero-order chi connectivity index (χ0) is 20.9. The summed E-state index contributed by atoms with van der Waals surface area (Å²) in [7, 11) is 2.06. The van der Waals surface area contributed by atoms with Gasteiger partial charge in [-0.25, -0.2) is 0 Å². The van der Waals surface area contributed by atoms with Crippen LogP contribution < -0.4 is 14.8 Å². The van der Waals surface area contributed by atoms with E-state index in [4.69, 9.17) is 9.47 Å². The van der Waals surface area contributed by atoms with Crippen LogP contribution in [0.5, 0.6) is 11.5 Å². The summed E-state index contributed by atoms with van der Waals surface area (Å²) in [6, 6.07) is 12.6. The van der Waals surface area contributed by atoms with Gasteiger partial charge in [0.15, 0.2) is 11.5 Å². The van der Waals surface area contributed by atoms with Crippen molar-refractivity contribution in [3.8, 4) is 11.5 Å². The van der Waals surface area contributed by atoms with E-state index in [1.54, 1.807) is 30.3 Å². The van der Waals surface area contributed by atoms with Gasteiger partial charge in [-0.2, -0.15) is 0 Å². The van der Waals surface area contributed by atoms with Crippen LogP contribution in [0, 0.1) is 0 Å². The molecule has 0 atom stereocenters. The highest BCUT2D eigenvalue weighted by Gasteiger charge is 2.20. The number of nitrogens with one attached hydrogen (secondary N) is 1. The highest BCUT2D eigenvalue weighted by molar-refractivity contribution is 6.02. The summed E-state index contributed by atoms with van der Waals surface area (Å²) in [5.74, 6) is 1.18. The molecule has 156 valence electrons. The van der Waals surface area contributed by atoms with Gasteiger partial charge in [0.25, 0.3) is 5.91 Å². The summed E-state index contributed by atoms with van der Waals surface area (Å²) in [6.07, 6.45) is 3.19. The molecule has 2 amide bonds. The molecular weight excluding hydrogens is 382 g/mol. The van der Waals surface area contributed by atoms with Gasteiger partial charge in [0, 0.05) is 43.5 Å². The van der Waals surface area contributed by atoms with Gasteiger partial charge in [0.2, 0.25) is 5.91 Å². The third kappa shape index (κ3) is 4.80. The van der Waals surface area contributed by atoms with Crippen molar-refractivity contribution in [3.05, 3.63) is 59.7 Å². The number of hydrogen-bond donors (Lipinski definition) is 1. The van der Waals surface area contributed by atoms with Crippen molar-refractivity contribution < 1.29 is 19.1 Å². The minimum Gasteiger partial charge on any atom is -0.486 e. The fourth-order valence-electron chi connectivity index (χ4n) is 3.41. The maximum Gasteiger partial charge on any atom is 0.253 e. The Bertz CT molecular complexity index is 947. The van der Waals surface area contributed by atoms with Gasteiger partial charge in [0.1, 0.15) is 13.2 Å². The normalized spacial score (nSPS) is 16.5. The van der Waals surface area contributed by atoms with Crippen LogP contribution in [0.3, 0.4) is 0 Å². The van der Waals surface area contributed by atoms with Crippen LogP contribution in [0.25, 0.3) is 6.08 Å². The maximum absolute atomic E-state index is 12.6. The van der Waals surface area contributed by atoms with Crippen LogP contribution in [0.15, 0.2) is 48.5 Å². The lowest BCUT2D eigenvalue weighted by molar-refractivity contribution is -0.111. The molecule has 2 aliphatic heterocycles. The lowest BCUT2D eigenvalue weighted by atomic mass is 10.1. The molecule has 2 heterocycles. The number of amides is 2. The van der Waals surface area contributed by atoms with Crippen LogP contribution >= 0.6 is 0 Å². The SMILES string of the molecule is CN1CCN(C(=O)c2ccc(NC(=O)/C=C\c3ccc4c(c3)OCCO4)cc2)CC1. The molecule has 1 fully saturated rings. The quantitative estimate of drug-likeness (QED) is 0.789. The number of piperazine rings is 1. The Kier molecular flexibility index (Phi) is 5.99.